The molecule has 0 fully saturated rings. The van der Waals surface area contributed by atoms with Crippen molar-refractivity contribution < 1.29 is 4.79 Å². The first kappa shape index (κ1) is 15.6. The second-order valence-electron chi connectivity index (χ2n) is 0.908. The topological polar surface area (TPSA) is 17.1 Å². The third kappa shape index (κ3) is 44.3. The van der Waals surface area contributed by atoms with Crippen LogP contribution in [0.25, 0.3) is 0 Å². The second-order valence-corrected chi connectivity index (χ2v) is 0.908. The molecule has 2 radical (unpaired) electrons. The zero-order valence-corrected chi connectivity index (χ0v) is 8.91. The summed E-state index contributed by atoms with van der Waals surface area (Å²) in [4.78, 5) is 9.44. The monoisotopic (exact) mass is 104 g/mol. The van der Waals surface area contributed by atoms with Crippen LogP contribution in [0.4, 0.5) is 0 Å². The Morgan fingerprint density at radius 2 is 1.17 bits per heavy atom. The molecule has 0 amide bonds. The van der Waals surface area contributed by atoms with Gasteiger partial charge >= 0.3 is 0 Å². The average molecular weight is 104 g/mol. The Labute approximate surface area is 82.5 Å². The van der Waals surface area contributed by atoms with Gasteiger partial charge in [-0.05, 0) is 13.8 Å². The van der Waals surface area contributed by atoms with E-state index in [-0.39, 0.29) is 64.9 Å². The standard InChI is InChI=1S/C3H6O.2Na/c1-3(2)4;;/h1-2H3;;. The van der Waals surface area contributed by atoms with Crippen molar-refractivity contribution in [2.75, 3.05) is 0 Å². The molecule has 0 saturated heterocycles. The van der Waals surface area contributed by atoms with Crippen molar-refractivity contribution in [3.05, 3.63) is 0 Å². The van der Waals surface area contributed by atoms with Crippen LogP contribution < -0.4 is 0 Å². The Bertz CT molecular complexity index is 31.8. The molecule has 0 saturated carbocycles. The van der Waals surface area contributed by atoms with Gasteiger partial charge < -0.3 is 4.79 Å². The summed E-state index contributed by atoms with van der Waals surface area (Å²) in [5.74, 6) is 0.167. The largest absolute Gasteiger partial charge is 0.300 e. The van der Waals surface area contributed by atoms with E-state index in [4.69, 9.17) is 0 Å². The van der Waals surface area contributed by atoms with Crippen LogP contribution in [0.15, 0.2) is 0 Å². The molecular formula is C3H6Na2O. The second kappa shape index (κ2) is 9.83. The van der Waals surface area contributed by atoms with Gasteiger partial charge in [-0.2, -0.15) is 0 Å². The molecule has 0 spiro atoms. The van der Waals surface area contributed by atoms with Crippen molar-refractivity contribution in [2.45, 2.75) is 13.8 Å². The molecule has 0 N–H and O–H groups in total. The molecule has 0 aliphatic rings. The van der Waals surface area contributed by atoms with E-state index in [0.29, 0.717) is 0 Å². The van der Waals surface area contributed by atoms with Crippen LogP contribution >= 0.6 is 0 Å². The third-order valence-electron chi connectivity index (χ3n) is 0. The average Bonchev–Trinajstić information content (AvgIpc) is 0.811. The van der Waals surface area contributed by atoms with Gasteiger partial charge in [0.2, 0.25) is 0 Å². The van der Waals surface area contributed by atoms with Gasteiger partial charge in [-0.1, -0.05) is 0 Å². The minimum absolute atomic E-state index is 0. The molecule has 0 aromatic heterocycles. The molecule has 26 valence electrons. The maximum absolute atomic E-state index is 9.44. The van der Waals surface area contributed by atoms with Gasteiger partial charge in [0.05, 0.1) is 0 Å². The quantitative estimate of drug-likeness (QED) is 0.390. The summed E-state index contributed by atoms with van der Waals surface area (Å²) >= 11 is 0. The van der Waals surface area contributed by atoms with E-state index in [0.717, 1.165) is 0 Å². The van der Waals surface area contributed by atoms with Crippen molar-refractivity contribution in [3.63, 3.8) is 0 Å². The Morgan fingerprint density at radius 1 is 1.17 bits per heavy atom. The predicted octanol–water partition coefficient (Wildman–Crippen LogP) is -0.166. The normalized spacial score (nSPS) is 4.33. The fourth-order valence-corrected chi connectivity index (χ4v) is 0. The van der Waals surface area contributed by atoms with E-state index in [1.807, 2.05) is 0 Å². The van der Waals surface area contributed by atoms with Gasteiger partial charge in [-0.25, -0.2) is 0 Å². The summed E-state index contributed by atoms with van der Waals surface area (Å²) in [5, 5.41) is 0. The number of hydrogen-bond acceptors (Lipinski definition) is 1. The van der Waals surface area contributed by atoms with Crippen LogP contribution in [0.3, 0.4) is 0 Å². The number of carbonyl (C=O) groups excluding carboxylic acids is 1. The van der Waals surface area contributed by atoms with Crippen molar-refractivity contribution in [1.29, 1.82) is 0 Å². The smallest absolute Gasteiger partial charge is 0.126 e. The van der Waals surface area contributed by atoms with Gasteiger partial charge in [0, 0.05) is 59.1 Å². The van der Waals surface area contributed by atoms with Crippen LogP contribution in [-0.4, -0.2) is 64.9 Å². The van der Waals surface area contributed by atoms with E-state index in [1.165, 1.54) is 13.8 Å². The zero-order chi connectivity index (χ0) is 3.58. The summed E-state index contributed by atoms with van der Waals surface area (Å²) in [7, 11) is 0. The molecule has 6 heavy (non-hydrogen) atoms. The summed E-state index contributed by atoms with van der Waals surface area (Å²) in [6.45, 7) is 3.06. The predicted molar refractivity (Wildman–Crippen MR) is 27.9 cm³/mol. The minimum Gasteiger partial charge on any atom is -0.300 e. The molecule has 0 aromatic carbocycles. The zero-order valence-electron chi connectivity index (χ0n) is 4.91. The van der Waals surface area contributed by atoms with E-state index in [2.05, 4.69) is 0 Å². The fraction of sp³-hybridized carbons (Fsp3) is 0.667. The molecule has 0 heterocycles. The number of hydrogen-bond donors (Lipinski definition) is 0. The SMILES string of the molecule is CC(C)=O.[Na].[Na]. The van der Waals surface area contributed by atoms with Crippen LogP contribution in [0.5, 0.6) is 0 Å². The fourth-order valence-electron chi connectivity index (χ4n) is 0. The number of rotatable bonds is 0. The van der Waals surface area contributed by atoms with Gasteiger partial charge in [0.25, 0.3) is 0 Å². The Balaban J connectivity index is -0.0000000450. The maximum atomic E-state index is 9.44. The van der Waals surface area contributed by atoms with E-state index in [1.54, 1.807) is 0 Å². The summed E-state index contributed by atoms with van der Waals surface area (Å²) in [6.07, 6.45) is 0. The van der Waals surface area contributed by atoms with E-state index < -0.39 is 0 Å². The van der Waals surface area contributed by atoms with Crippen molar-refractivity contribution >= 4 is 64.9 Å². The van der Waals surface area contributed by atoms with Gasteiger partial charge in [0.15, 0.2) is 0 Å². The minimum atomic E-state index is 0. The van der Waals surface area contributed by atoms with Crippen molar-refractivity contribution in [2.24, 2.45) is 0 Å². The number of ketones is 1. The van der Waals surface area contributed by atoms with Gasteiger partial charge in [0.1, 0.15) is 5.78 Å². The summed E-state index contributed by atoms with van der Waals surface area (Å²) < 4.78 is 0. The van der Waals surface area contributed by atoms with Gasteiger partial charge in [-0.15, -0.1) is 0 Å². The Kier molecular flexibility index (Phi) is 25.6. The van der Waals surface area contributed by atoms with E-state index in [9.17, 15) is 4.79 Å². The molecule has 0 aliphatic heterocycles. The molecule has 0 atom stereocenters. The van der Waals surface area contributed by atoms with Gasteiger partial charge in [-0.3, -0.25) is 0 Å². The first-order valence-electron chi connectivity index (χ1n) is 1.20. The van der Waals surface area contributed by atoms with Crippen molar-refractivity contribution in [1.82, 2.24) is 0 Å². The molecule has 3 heteroatoms. The summed E-state index contributed by atoms with van der Waals surface area (Å²) in [5.41, 5.74) is 0. The molecule has 0 rings (SSSR count). The molecule has 1 nitrogen and oxygen atoms in total. The molecule has 0 bridgehead atoms. The molecule has 0 aliphatic carbocycles. The first-order valence-corrected chi connectivity index (χ1v) is 1.20. The van der Waals surface area contributed by atoms with Crippen molar-refractivity contribution in [3.8, 4) is 0 Å². The molecular weight excluding hydrogens is 98.0 g/mol. The Morgan fingerprint density at radius 3 is 1.17 bits per heavy atom. The maximum Gasteiger partial charge on any atom is 0.126 e. The number of Topliss-reactive ketones (excluding diaryl/α,β-unsaturated/α-hetero) is 1. The first-order chi connectivity index (χ1) is 1.73. The molecule has 0 unspecified atom stereocenters. The van der Waals surface area contributed by atoms with Crippen LogP contribution in [0.1, 0.15) is 13.8 Å². The number of carbonyl (C=O) groups is 1. The van der Waals surface area contributed by atoms with Crippen LogP contribution in [-0.2, 0) is 4.79 Å². The Hall–Kier alpha value is 1.67. The van der Waals surface area contributed by atoms with Crippen LogP contribution in [0.2, 0.25) is 0 Å². The van der Waals surface area contributed by atoms with E-state index >= 15 is 0 Å². The summed E-state index contributed by atoms with van der Waals surface area (Å²) in [6, 6.07) is 0. The van der Waals surface area contributed by atoms with Crippen LogP contribution in [0, 0.1) is 0 Å². The third-order valence-corrected chi connectivity index (χ3v) is 0. The molecule has 0 aromatic rings.